The van der Waals surface area contributed by atoms with E-state index in [1.807, 2.05) is 12.1 Å². The molecular formula is C21H25N3O5S. The van der Waals surface area contributed by atoms with Gasteiger partial charge in [0.25, 0.3) is 5.69 Å². The normalized spacial score (nSPS) is 15.2. The van der Waals surface area contributed by atoms with Crippen LogP contribution in [0.25, 0.3) is 0 Å². The van der Waals surface area contributed by atoms with Gasteiger partial charge in [0.15, 0.2) is 4.90 Å². The third-order valence-electron chi connectivity index (χ3n) is 5.33. The van der Waals surface area contributed by atoms with Crippen molar-refractivity contribution in [2.24, 2.45) is 0 Å². The fraction of sp³-hybridized carbons (Fsp3) is 0.381. The summed E-state index contributed by atoms with van der Waals surface area (Å²) in [7, 11) is -4.00. The summed E-state index contributed by atoms with van der Waals surface area (Å²) >= 11 is 0. The number of nitrogens with zero attached hydrogens (tertiary/aromatic N) is 3. The van der Waals surface area contributed by atoms with Gasteiger partial charge in [-0.1, -0.05) is 43.3 Å². The van der Waals surface area contributed by atoms with Gasteiger partial charge >= 0.3 is 0 Å². The van der Waals surface area contributed by atoms with Gasteiger partial charge in [-0.2, -0.15) is 4.31 Å². The van der Waals surface area contributed by atoms with E-state index in [0.717, 1.165) is 12.0 Å². The molecule has 1 heterocycles. The van der Waals surface area contributed by atoms with Gasteiger partial charge in [0.1, 0.15) is 0 Å². The molecule has 30 heavy (non-hydrogen) atoms. The molecule has 1 fully saturated rings. The minimum Gasteiger partial charge on any atom is -0.340 e. The predicted molar refractivity (Wildman–Crippen MR) is 113 cm³/mol. The van der Waals surface area contributed by atoms with Crippen LogP contribution in [0.15, 0.2) is 53.4 Å². The number of nitro benzene ring substituents is 1. The number of sulfonamides is 1. The minimum absolute atomic E-state index is 0.0164. The highest BCUT2D eigenvalue weighted by molar-refractivity contribution is 7.89. The number of amides is 1. The van der Waals surface area contributed by atoms with Crippen LogP contribution >= 0.6 is 0 Å². The van der Waals surface area contributed by atoms with E-state index in [0.29, 0.717) is 12.8 Å². The number of carbonyl (C=O) groups excluding carboxylic acids is 1. The smallest absolute Gasteiger partial charge is 0.289 e. The van der Waals surface area contributed by atoms with Crippen molar-refractivity contribution in [3.8, 4) is 0 Å². The van der Waals surface area contributed by atoms with Crippen molar-refractivity contribution in [2.75, 3.05) is 26.2 Å². The lowest BCUT2D eigenvalue weighted by atomic mass is 10.1. The Bertz CT molecular complexity index is 1010. The summed E-state index contributed by atoms with van der Waals surface area (Å²) < 4.78 is 27.0. The second-order valence-electron chi connectivity index (χ2n) is 7.18. The lowest BCUT2D eigenvalue weighted by Crippen LogP contribution is -2.50. The molecule has 1 aliphatic rings. The molecule has 1 saturated heterocycles. The molecule has 8 nitrogen and oxygen atoms in total. The van der Waals surface area contributed by atoms with Crippen molar-refractivity contribution in [3.63, 3.8) is 0 Å². The van der Waals surface area contributed by atoms with Gasteiger partial charge < -0.3 is 4.90 Å². The zero-order valence-electron chi connectivity index (χ0n) is 16.9. The number of benzene rings is 2. The zero-order chi connectivity index (χ0) is 21.7. The molecule has 0 bridgehead atoms. The van der Waals surface area contributed by atoms with Gasteiger partial charge in [-0.25, -0.2) is 8.42 Å². The zero-order valence-corrected chi connectivity index (χ0v) is 17.7. The monoisotopic (exact) mass is 431 g/mol. The quantitative estimate of drug-likeness (QED) is 0.495. The Kier molecular flexibility index (Phi) is 6.84. The van der Waals surface area contributed by atoms with Gasteiger partial charge in [0.05, 0.1) is 4.92 Å². The third-order valence-corrected chi connectivity index (χ3v) is 7.28. The van der Waals surface area contributed by atoms with E-state index in [1.165, 1.54) is 34.1 Å². The van der Waals surface area contributed by atoms with E-state index in [-0.39, 0.29) is 37.0 Å². The summed E-state index contributed by atoms with van der Waals surface area (Å²) in [5.74, 6) is -0.0164. The van der Waals surface area contributed by atoms with Crippen LogP contribution in [-0.4, -0.2) is 54.6 Å². The summed E-state index contributed by atoms with van der Waals surface area (Å²) in [5, 5.41) is 11.2. The largest absolute Gasteiger partial charge is 0.340 e. The molecule has 0 N–H and O–H groups in total. The second kappa shape index (κ2) is 9.36. The molecule has 0 spiro atoms. The van der Waals surface area contributed by atoms with Gasteiger partial charge in [0, 0.05) is 38.7 Å². The van der Waals surface area contributed by atoms with Crippen LogP contribution in [-0.2, 0) is 27.7 Å². The molecule has 160 valence electrons. The van der Waals surface area contributed by atoms with Crippen molar-refractivity contribution >= 4 is 21.6 Å². The van der Waals surface area contributed by atoms with Crippen molar-refractivity contribution in [3.05, 3.63) is 69.8 Å². The Morgan fingerprint density at radius 3 is 2.20 bits per heavy atom. The number of carbonyl (C=O) groups is 1. The first kappa shape index (κ1) is 21.9. The summed E-state index contributed by atoms with van der Waals surface area (Å²) in [6, 6.07) is 13.5. The van der Waals surface area contributed by atoms with Crippen LogP contribution in [0, 0.1) is 10.1 Å². The van der Waals surface area contributed by atoms with E-state index in [1.54, 1.807) is 4.90 Å². The van der Waals surface area contributed by atoms with Crippen LogP contribution in [0.2, 0.25) is 0 Å². The maximum Gasteiger partial charge on any atom is 0.289 e. The SMILES string of the molecule is CCc1ccc(CCC(=O)N2CCN(S(=O)(=O)c3ccccc3[N+](=O)[O-])CC2)cc1. The lowest BCUT2D eigenvalue weighted by Gasteiger charge is -2.34. The number of aryl methyl sites for hydroxylation is 2. The first-order chi connectivity index (χ1) is 14.3. The average molecular weight is 432 g/mol. The highest BCUT2D eigenvalue weighted by atomic mass is 32.2. The van der Waals surface area contributed by atoms with Crippen molar-refractivity contribution in [2.45, 2.75) is 31.1 Å². The number of para-hydroxylation sites is 1. The van der Waals surface area contributed by atoms with Gasteiger partial charge in [-0.15, -0.1) is 0 Å². The molecule has 0 aliphatic carbocycles. The van der Waals surface area contributed by atoms with Crippen molar-refractivity contribution < 1.29 is 18.1 Å². The average Bonchev–Trinajstić information content (AvgIpc) is 2.77. The molecule has 0 radical (unpaired) electrons. The molecule has 9 heteroatoms. The highest BCUT2D eigenvalue weighted by Gasteiger charge is 2.34. The fourth-order valence-electron chi connectivity index (χ4n) is 3.49. The molecule has 3 rings (SSSR count). The van der Waals surface area contributed by atoms with Crippen LogP contribution in [0.4, 0.5) is 5.69 Å². The maximum absolute atomic E-state index is 12.9. The molecule has 0 saturated carbocycles. The van der Waals surface area contributed by atoms with Crippen LogP contribution < -0.4 is 0 Å². The molecule has 0 atom stereocenters. The molecule has 1 aliphatic heterocycles. The lowest BCUT2D eigenvalue weighted by molar-refractivity contribution is -0.387. The summed E-state index contributed by atoms with van der Waals surface area (Å²) in [4.78, 5) is 24.4. The number of rotatable bonds is 7. The Morgan fingerprint density at radius 1 is 1.00 bits per heavy atom. The Balaban J connectivity index is 1.58. The van der Waals surface area contributed by atoms with Gasteiger partial charge in [0.2, 0.25) is 15.9 Å². The van der Waals surface area contributed by atoms with E-state index in [4.69, 9.17) is 0 Å². The third kappa shape index (κ3) is 4.85. The molecule has 2 aromatic rings. The van der Waals surface area contributed by atoms with Gasteiger partial charge in [-0.3, -0.25) is 14.9 Å². The number of hydrogen-bond donors (Lipinski definition) is 0. The molecule has 1 amide bonds. The minimum atomic E-state index is -4.00. The van der Waals surface area contributed by atoms with Crippen LogP contribution in [0.5, 0.6) is 0 Å². The first-order valence-electron chi connectivity index (χ1n) is 9.92. The van der Waals surface area contributed by atoms with Crippen LogP contribution in [0.3, 0.4) is 0 Å². The highest BCUT2D eigenvalue weighted by Crippen LogP contribution is 2.27. The van der Waals surface area contributed by atoms with Crippen molar-refractivity contribution in [1.29, 1.82) is 0 Å². The van der Waals surface area contributed by atoms with E-state index < -0.39 is 20.6 Å². The first-order valence-corrected chi connectivity index (χ1v) is 11.4. The maximum atomic E-state index is 12.9. The molecule has 0 unspecified atom stereocenters. The fourth-order valence-corrected chi connectivity index (χ4v) is 5.07. The second-order valence-corrected chi connectivity index (χ2v) is 9.09. The topological polar surface area (TPSA) is 101 Å². The van der Waals surface area contributed by atoms with E-state index >= 15 is 0 Å². The predicted octanol–water partition coefficient (Wildman–Crippen LogP) is 2.62. The van der Waals surface area contributed by atoms with E-state index in [9.17, 15) is 23.3 Å². The Labute approximate surface area is 176 Å². The number of piperazine rings is 1. The van der Waals surface area contributed by atoms with Crippen LogP contribution in [0.1, 0.15) is 24.5 Å². The standard InChI is InChI=1S/C21H25N3O5S/c1-2-17-7-9-18(10-8-17)11-12-21(25)22-13-15-23(16-14-22)30(28,29)20-6-4-3-5-19(20)24(26)27/h3-10H,2,11-16H2,1H3. The molecule has 0 aromatic heterocycles. The number of nitro groups is 1. The number of hydrogen-bond acceptors (Lipinski definition) is 5. The summed E-state index contributed by atoms with van der Waals surface area (Å²) in [5.41, 5.74) is 1.91. The Hall–Kier alpha value is -2.78. The van der Waals surface area contributed by atoms with Gasteiger partial charge in [-0.05, 0) is 30.0 Å². The Morgan fingerprint density at radius 2 is 1.60 bits per heavy atom. The summed E-state index contributed by atoms with van der Waals surface area (Å²) in [6.45, 7) is 2.87. The van der Waals surface area contributed by atoms with Crippen molar-refractivity contribution in [1.82, 2.24) is 9.21 Å². The van der Waals surface area contributed by atoms with E-state index in [2.05, 4.69) is 19.1 Å². The molecular weight excluding hydrogens is 406 g/mol. The summed E-state index contributed by atoms with van der Waals surface area (Å²) in [6.07, 6.45) is 1.97. The molecule has 2 aromatic carbocycles.